The molecule has 1 aromatic carbocycles. The van der Waals surface area contributed by atoms with Gasteiger partial charge in [-0.3, -0.25) is 0 Å². The molecular weight excluding hydrogens is 330 g/mol. The van der Waals surface area contributed by atoms with Crippen LogP contribution in [0.2, 0.25) is 0 Å². The zero-order valence-electron chi connectivity index (χ0n) is 13.0. The highest BCUT2D eigenvalue weighted by Gasteiger charge is 2.21. The van der Waals surface area contributed by atoms with Crippen molar-refractivity contribution < 1.29 is 9.47 Å². The molecule has 1 heterocycles. The van der Waals surface area contributed by atoms with Crippen LogP contribution in [0, 0.1) is 5.92 Å². The van der Waals surface area contributed by atoms with Crippen LogP contribution in [0.15, 0.2) is 22.7 Å². The van der Waals surface area contributed by atoms with Crippen LogP contribution >= 0.6 is 15.9 Å². The van der Waals surface area contributed by atoms with Crippen molar-refractivity contribution in [2.24, 2.45) is 5.92 Å². The molecular formula is C17H26BrNO2. The van der Waals surface area contributed by atoms with E-state index in [9.17, 15) is 0 Å². The number of methoxy groups -OCH3 is 1. The molecule has 1 saturated heterocycles. The van der Waals surface area contributed by atoms with Crippen LogP contribution in [0.1, 0.15) is 31.7 Å². The fourth-order valence-corrected chi connectivity index (χ4v) is 3.27. The molecule has 0 amide bonds. The van der Waals surface area contributed by atoms with E-state index in [1.807, 2.05) is 6.07 Å². The van der Waals surface area contributed by atoms with Crippen molar-refractivity contribution in [3.05, 3.63) is 28.2 Å². The first-order valence-electron chi connectivity index (χ1n) is 7.86. The molecule has 1 fully saturated rings. The van der Waals surface area contributed by atoms with E-state index < -0.39 is 0 Å². The Labute approximate surface area is 136 Å². The molecule has 4 heteroatoms. The van der Waals surface area contributed by atoms with Crippen molar-refractivity contribution in [3.63, 3.8) is 0 Å². The molecule has 3 nitrogen and oxygen atoms in total. The summed E-state index contributed by atoms with van der Waals surface area (Å²) < 4.78 is 12.0. The first-order valence-corrected chi connectivity index (χ1v) is 8.65. The van der Waals surface area contributed by atoms with E-state index >= 15 is 0 Å². The SMILES string of the molecule is CCCNC(Cc1cc(OC)ccc1Br)CC1CCOC1. The average molecular weight is 356 g/mol. The monoisotopic (exact) mass is 355 g/mol. The first kappa shape index (κ1) is 16.8. The Hall–Kier alpha value is -0.580. The van der Waals surface area contributed by atoms with E-state index in [4.69, 9.17) is 9.47 Å². The van der Waals surface area contributed by atoms with Gasteiger partial charge in [0.2, 0.25) is 0 Å². The van der Waals surface area contributed by atoms with Gasteiger partial charge in [-0.1, -0.05) is 22.9 Å². The third-order valence-corrected chi connectivity index (χ3v) is 4.82. The lowest BCUT2D eigenvalue weighted by molar-refractivity contribution is 0.181. The zero-order chi connectivity index (χ0) is 15.1. The molecule has 0 spiro atoms. The highest BCUT2D eigenvalue weighted by molar-refractivity contribution is 9.10. The maximum Gasteiger partial charge on any atom is 0.119 e. The van der Waals surface area contributed by atoms with Crippen LogP contribution in [0.5, 0.6) is 5.75 Å². The highest BCUT2D eigenvalue weighted by Crippen LogP contribution is 2.26. The van der Waals surface area contributed by atoms with Gasteiger partial charge in [-0.25, -0.2) is 0 Å². The summed E-state index contributed by atoms with van der Waals surface area (Å²) in [4.78, 5) is 0. The summed E-state index contributed by atoms with van der Waals surface area (Å²) in [6.07, 6.45) is 4.57. The van der Waals surface area contributed by atoms with E-state index in [1.54, 1.807) is 7.11 Å². The van der Waals surface area contributed by atoms with Gasteiger partial charge in [-0.05, 0) is 61.9 Å². The second-order valence-corrected chi connectivity index (χ2v) is 6.63. The molecule has 0 aromatic heterocycles. The lowest BCUT2D eigenvalue weighted by Gasteiger charge is -2.22. The third kappa shape index (κ3) is 5.28. The molecule has 1 aromatic rings. The molecule has 118 valence electrons. The van der Waals surface area contributed by atoms with Gasteiger partial charge in [-0.2, -0.15) is 0 Å². The Morgan fingerprint density at radius 2 is 2.33 bits per heavy atom. The van der Waals surface area contributed by atoms with Crippen LogP contribution in [-0.2, 0) is 11.2 Å². The number of benzene rings is 1. The molecule has 0 aliphatic carbocycles. The van der Waals surface area contributed by atoms with Crippen LogP contribution in [0.25, 0.3) is 0 Å². The summed E-state index contributed by atoms with van der Waals surface area (Å²) >= 11 is 3.66. The van der Waals surface area contributed by atoms with Gasteiger partial charge in [-0.15, -0.1) is 0 Å². The van der Waals surface area contributed by atoms with E-state index in [1.165, 1.54) is 18.4 Å². The normalized spacial score (nSPS) is 19.7. The number of hydrogen-bond acceptors (Lipinski definition) is 3. The van der Waals surface area contributed by atoms with Crippen molar-refractivity contribution in [3.8, 4) is 5.75 Å². The van der Waals surface area contributed by atoms with Crippen molar-refractivity contribution in [2.75, 3.05) is 26.9 Å². The van der Waals surface area contributed by atoms with Gasteiger partial charge in [0.15, 0.2) is 0 Å². The largest absolute Gasteiger partial charge is 0.497 e. The van der Waals surface area contributed by atoms with Gasteiger partial charge in [0, 0.05) is 23.7 Å². The fourth-order valence-electron chi connectivity index (χ4n) is 2.86. The minimum absolute atomic E-state index is 0.500. The second kappa shape index (κ2) is 8.76. The second-order valence-electron chi connectivity index (χ2n) is 5.78. The maximum atomic E-state index is 5.52. The lowest BCUT2D eigenvalue weighted by atomic mass is 9.94. The summed E-state index contributed by atoms with van der Waals surface area (Å²) in [5, 5.41) is 3.69. The van der Waals surface area contributed by atoms with Crippen molar-refractivity contribution in [1.82, 2.24) is 5.32 Å². The molecule has 2 rings (SSSR count). The summed E-state index contributed by atoms with van der Waals surface area (Å²) in [5.74, 6) is 1.62. The molecule has 0 radical (unpaired) electrons. The summed E-state index contributed by atoms with van der Waals surface area (Å²) in [6.45, 7) is 5.13. The Morgan fingerprint density at radius 3 is 3.00 bits per heavy atom. The Balaban J connectivity index is 2.02. The summed E-state index contributed by atoms with van der Waals surface area (Å²) in [7, 11) is 1.72. The number of hydrogen-bond donors (Lipinski definition) is 1. The number of nitrogens with one attached hydrogen (secondary N) is 1. The van der Waals surface area contributed by atoms with Crippen molar-refractivity contribution in [1.29, 1.82) is 0 Å². The Kier molecular flexibility index (Phi) is 7.00. The smallest absolute Gasteiger partial charge is 0.119 e. The van der Waals surface area contributed by atoms with E-state index in [0.717, 1.165) is 42.8 Å². The van der Waals surface area contributed by atoms with Gasteiger partial charge in [0.1, 0.15) is 5.75 Å². The minimum Gasteiger partial charge on any atom is -0.497 e. The number of ether oxygens (including phenoxy) is 2. The summed E-state index contributed by atoms with van der Waals surface area (Å²) in [6, 6.07) is 6.70. The van der Waals surface area contributed by atoms with Crippen LogP contribution in [0.4, 0.5) is 0 Å². The predicted octanol–water partition coefficient (Wildman–Crippen LogP) is 3.80. The highest BCUT2D eigenvalue weighted by atomic mass is 79.9. The Bertz CT molecular complexity index is 433. The molecule has 0 saturated carbocycles. The molecule has 21 heavy (non-hydrogen) atoms. The fraction of sp³-hybridized carbons (Fsp3) is 0.647. The van der Waals surface area contributed by atoms with E-state index in [2.05, 4.69) is 40.3 Å². The summed E-state index contributed by atoms with van der Waals surface area (Å²) in [5.41, 5.74) is 1.31. The van der Waals surface area contributed by atoms with Gasteiger partial charge >= 0.3 is 0 Å². The van der Waals surface area contributed by atoms with E-state index in [0.29, 0.717) is 12.0 Å². The van der Waals surface area contributed by atoms with Gasteiger partial charge in [0.25, 0.3) is 0 Å². The Morgan fingerprint density at radius 1 is 1.48 bits per heavy atom. The molecule has 1 aliphatic rings. The van der Waals surface area contributed by atoms with Crippen molar-refractivity contribution in [2.45, 2.75) is 38.6 Å². The predicted molar refractivity (Wildman–Crippen MR) is 90.0 cm³/mol. The van der Waals surface area contributed by atoms with E-state index in [-0.39, 0.29) is 0 Å². The van der Waals surface area contributed by atoms with Gasteiger partial charge < -0.3 is 14.8 Å². The minimum atomic E-state index is 0.500. The number of halogens is 1. The first-order chi connectivity index (χ1) is 10.2. The van der Waals surface area contributed by atoms with Crippen LogP contribution in [-0.4, -0.2) is 32.9 Å². The molecule has 2 atom stereocenters. The maximum absolute atomic E-state index is 5.52. The average Bonchev–Trinajstić information content (AvgIpc) is 3.00. The van der Waals surface area contributed by atoms with Gasteiger partial charge in [0.05, 0.1) is 7.11 Å². The third-order valence-electron chi connectivity index (χ3n) is 4.04. The van der Waals surface area contributed by atoms with Crippen LogP contribution in [0.3, 0.4) is 0 Å². The number of rotatable bonds is 8. The zero-order valence-corrected chi connectivity index (χ0v) is 14.6. The quantitative estimate of drug-likeness (QED) is 0.769. The molecule has 0 bridgehead atoms. The lowest BCUT2D eigenvalue weighted by Crippen LogP contribution is -2.34. The molecule has 2 unspecified atom stereocenters. The molecule has 1 aliphatic heterocycles. The standard InChI is InChI=1S/C17H26BrNO2/c1-3-7-19-15(9-13-6-8-21-12-13)10-14-11-16(20-2)4-5-17(14)18/h4-5,11,13,15,19H,3,6-10,12H2,1-2H3. The topological polar surface area (TPSA) is 30.5 Å². The van der Waals surface area contributed by atoms with Crippen LogP contribution < -0.4 is 10.1 Å². The van der Waals surface area contributed by atoms with Crippen molar-refractivity contribution >= 4 is 15.9 Å². The molecule has 1 N–H and O–H groups in total.